The molecule has 0 aliphatic heterocycles. The Morgan fingerprint density at radius 1 is 1.33 bits per heavy atom. The highest BCUT2D eigenvalue weighted by Crippen LogP contribution is 2.20. The molecule has 1 aromatic heterocycles. The van der Waals surface area contributed by atoms with Crippen molar-refractivity contribution in [2.24, 2.45) is 0 Å². The molecule has 0 spiro atoms. The lowest BCUT2D eigenvalue weighted by molar-refractivity contribution is 0.0749. The Morgan fingerprint density at radius 2 is 2.10 bits per heavy atom. The van der Waals surface area contributed by atoms with Crippen molar-refractivity contribution < 1.29 is 9.18 Å². The molecule has 3 nitrogen and oxygen atoms in total. The molecule has 0 fully saturated rings. The van der Waals surface area contributed by atoms with Crippen LogP contribution in [0.5, 0.6) is 0 Å². The summed E-state index contributed by atoms with van der Waals surface area (Å²) in [7, 11) is 0. The van der Waals surface area contributed by atoms with Gasteiger partial charge in [0.05, 0.1) is 17.8 Å². The van der Waals surface area contributed by atoms with E-state index in [2.05, 4.69) is 20.9 Å². The molecule has 0 radical (unpaired) electrons. The van der Waals surface area contributed by atoms with Crippen molar-refractivity contribution in [3.8, 4) is 0 Å². The zero-order valence-corrected chi connectivity index (χ0v) is 13.5. The maximum atomic E-state index is 13.1. The Morgan fingerprint density at radius 3 is 2.71 bits per heavy atom. The number of carbonyl (C=O) groups excluding carboxylic acids is 1. The van der Waals surface area contributed by atoms with E-state index in [-0.39, 0.29) is 11.7 Å². The molecule has 0 unspecified atom stereocenters. The largest absolute Gasteiger partial charge is 0.333 e. The average Bonchev–Trinajstić information content (AvgIpc) is 2.44. The maximum absolute atomic E-state index is 13.1. The lowest BCUT2D eigenvalue weighted by atomic mass is 10.2. The van der Waals surface area contributed by atoms with Gasteiger partial charge < -0.3 is 4.90 Å². The first-order valence-electron chi connectivity index (χ1n) is 6.68. The van der Waals surface area contributed by atoms with Gasteiger partial charge in [-0.05, 0) is 60.1 Å². The van der Waals surface area contributed by atoms with Gasteiger partial charge in [0, 0.05) is 16.7 Å². The van der Waals surface area contributed by atoms with Gasteiger partial charge in [-0.3, -0.25) is 9.78 Å². The predicted molar refractivity (Wildman–Crippen MR) is 83.5 cm³/mol. The Kier molecular flexibility index (Phi) is 5.07. The van der Waals surface area contributed by atoms with Crippen molar-refractivity contribution in [2.45, 2.75) is 20.4 Å². The number of hydrogen-bond donors (Lipinski definition) is 0. The van der Waals surface area contributed by atoms with Gasteiger partial charge in [0.2, 0.25) is 0 Å². The summed E-state index contributed by atoms with van der Waals surface area (Å²) in [4.78, 5) is 18.6. The molecule has 1 heterocycles. The molecule has 2 aromatic rings. The molecule has 1 amide bonds. The maximum Gasteiger partial charge on any atom is 0.255 e. The van der Waals surface area contributed by atoms with Gasteiger partial charge in [0.15, 0.2) is 0 Å². The second kappa shape index (κ2) is 6.80. The van der Waals surface area contributed by atoms with E-state index in [1.165, 1.54) is 18.2 Å². The first-order chi connectivity index (χ1) is 10.0. The van der Waals surface area contributed by atoms with Crippen molar-refractivity contribution in [1.82, 2.24) is 9.88 Å². The van der Waals surface area contributed by atoms with Crippen LogP contribution in [0.25, 0.3) is 0 Å². The van der Waals surface area contributed by atoms with Crippen molar-refractivity contribution in [3.05, 3.63) is 63.6 Å². The normalized spacial score (nSPS) is 10.5. The number of nitrogens with zero attached hydrogens (tertiary/aromatic N) is 2. The van der Waals surface area contributed by atoms with Crippen LogP contribution < -0.4 is 0 Å². The number of hydrogen-bond acceptors (Lipinski definition) is 2. The van der Waals surface area contributed by atoms with E-state index >= 15 is 0 Å². The second-order valence-corrected chi connectivity index (χ2v) is 5.57. The predicted octanol–water partition coefficient (Wildman–Crippen LogP) is 3.95. The van der Waals surface area contributed by atoms with Crippen molar-refractivity contribution in [3.63, 3.8) is 0 Å². The van der Waals surface area contributed by atoms with E-state index in [0.29, 0.717) is 23.1 Å². The molecule has 5 heteroatoms. The Bertz CT molecular complexity index is 660. The summed E-state index contributed by atoms with van der Waals surface area (Å²) in [5, 5.41) is 0. The number of pyridine rings is 1. The number of amides is 1. The SMILES string of the molecule is CCN(Cc1cccc(C)n1)C(=O)c1ccc(F)cc1Br. The van der Waals surface area contributed by atoms with E-state index < -0.39 is 0 Å². The van der Waals surface area contributed by atoms with Crippen LogP contribution in [0.1, 0.15) is 28.7 Å². The van der Waals surface area contributed by atoms with E-state index in [1.807, 2.05) is 32.0 Å². The molecule has 2 rings (SSSR count). The van der Waals surface area contributed by atoms with Gasteiger partial charge in [-0.25, -0.2) is 4.39 Å². The highest BCUT2D eigenvalue weighted by molar-refractivity contribution is 9.10. The molecule has 0 saturated carbocycles. The fraction of sp³-hybridized carbons (Fsp3) is 0.250. The number of carbonyl (C=O) groups is 1. The van der Waals surface area contributed by atoms with Gasteiger partial charge in [-0.1, -0.05) is 6.07 Å². The third-order valence-corrected chi connectivity index (χ3v) is 3.79. The lowest BCUT2D eigenvalue weighted by Crippen LogP contribution is -2.31. The van der Waals surface area contributed by atoms with Crippen LogP contribution in [-0.4, -0.2) is 22.3 Å². The molecular weight excluding hydrogens is 335 g/mol. The summed E-state index contributed by atoms with van der Waals surface area (Å²) in [6.07, 6.45) is 0. The van der Waals surface area contributed by atoms with E-state index in [4.69, 9.17) is 0 Å². The number of halogens is 2. The fourth-order valence-electron chi connectivity index (χ4n) is 2.04. The summed E-state index contributed by atoms with van der Waals surface area (Å²) in [6, 6.07) is 9.81. The molecule has 110 valence electrons. The van der Waals surface area contributed by atoms with Gasteiger partial charge >= 0.3 is 0 Å². The van der Waals surface area contributed by atoms with Crippen molar-refractivity contribution >= 4 is 21.8 Å². The van der Waals surface area contributed by atoms with E-state index in [1.54, 1.807) is 4.90 Å². The Hall–Kier alpha value is -1.75. The molecular formula is C16H16BrFN2O. The minimum atomic E-state index is -0.373. The summed E-state index contributed by atoms with van der Waals surface area (Å²) in [5.41, 5.74) is 2.20. The first kappa shape index (κ1) is 15.6. The molecule has 0 atom stereocenters. The van der Waals surface area contributed by atoms with Crippen LogP contribution in [0, 0.1) is 12.7 Å². The Balaban J connectivity index is 2.22. The van der Waals surface area contributed by atoms with Crippen LogP contribution in [0.3, 0.4) is 0 Å². The minimum Gasteiger partial charge on any atom is -0.333 e. The smallest absolute Gasteiger partial charge is 0.255 e. The number of benzene rings is 1. The minimum absolute atomic E-state index is 0.146. The molecule has 0 saturated heterocycles. The zero-order valence-electron chi connectivity index (χ0n) is 11.9. The Labute approximate surface area is 131 Å². The molecule has 0 bridgehead atoms. The zero-order chi connectivity index (χ0) is 15.4. The number of rotatable bonds is 4. The highest BCUT2D eigenvalue weighted by atomic mass is 79.9. The summed E-state index contributed by atoms with van der Waals surface area (Å²) >= 11 is 3.24. The average molecular weight is 351 g/mol. The van der Waals surface area contributed by atoms with Crippen LogP contribution in [0.2, 0.25) is 0 Å². The van der Waals surface area contributed by atoms with Crippen LogP contribution in [0.4, 0.5) is 4.39 Å². The van der Waals surface area contributed by atoms with E-state index in [9.17, 15) is 9.18 Å². The third-order valence-electron chi connectivity index (χ3n) is 3.13. The number of aryl methyl sites for hydroxylation is 1. The first-order valence-corrected chi connectivity index (χ1v) is 7.47. The van der Waals surface area contributed by atoms with Crippen molar-refractivity contribution in [1.29, 1.82) is 0 Å². The van der Waals surface area contributed by atoms with E-state index in [0.717, 1.165) is 11.4 Å². The summed E-state index contributed by atoms with van der Waals surface area (Å²) in [6.45, 7) is 4.81. The van der Waals surface area contributed by atoms with Gasteiger partial charge in [0.1, 0.15) is 5.82 Å². The summed E-state index contributed by atoms with van der Waals surface area (Å²) < 4.78 is 13.6. The second-order valence-electron chi connectivity index (χ2n) is 4.71. The van der Waals surface area contributed by atoms with Crippen LogP contribution >= 0.6 is 15.9 Å². The number of aromatic nitrogens is 1. The van der Waals surface area contributed by atoms with Gasteiger partial charge in [0.25, 0.3) is 5.91 Å². The quantitative estimate of drug-likeness (QED) is 0.836. The highest BCUT2D eigenvalue weighted by Gasteiger charge is 2.18. The molecule has 21 heavy (non-hydrogen) atoms. The van der Waals surface area contributed by atoms with Gasteiger partial charge in [-0.2, -0.15) is 0 Å². The fourth-order valence-corrected chi connectivity index (χ4v) is 2.56. The molecule has 0 aliphatic rings. The molecule has 0 N–H and O–H groups in total. The molecule has 0 aliphatic carbocycles. The molecule has 1 aromatic carbocycles. The lowest BCUT2D eigenvalue weighted by Gasteiger charge is -2.21. The summed E-state index contributed by atoms with van der Waals surface area (Å²) in [5.74, 6) is -0.519. The topological polar surface area (TPSA) is 33.2 Å². The standard InChI is InChI=1S/C16H16BrFN2O/c1-3-20(10-13-6-4-5-11(2)19-13)16(21)14-8-7-12(18)9-15(14)17/h4-9H,3,10H2,1-2H3. The van der Waals surface area contributed by atoms with Crippen molar-refractivity contribution in [2.75, 3.05) is 6.54 Å². The van der Waals surface area contributed by atoms with Gasteiger partial charge in [-0.15, -0.1) is 0 Å². The third kappa shape index (κ3) is 3.88. The monoisotopic (exact) mass is 350 g/mol. The van der Waals surface area contributed by atoms with Crippen LogP contribution in [0.15, 0.2) is 40.9 Å². The van der Waals surface area contributed by atoms with Crippen LogP contribution in [-0.2, 0) is 6.54 Å².